The van der Waals surface area contributed by atoms with Gasteiger partial charge in [0.1, 0.15) is 17.2 Å². The standard InChI is InChI=1S/C26H29N3O4/c1-18(2)32-22-11-7-10-21(14-22)27-25(31)26(12-13-29(17-26)19(3)30)16-23-15-24(28-33-23)20-8-5-4-6-9-20/h4-11,14-15,18H,12-13,16-17H2,1-3H3,(H,27,31). The topological polar surface area (TPSA) is 84.7 Å². The molecule has 2 heterocycles. The third kappa shape index (κ3) is 5.25. The summed E-state index contributed by atoms with van der Waals surface area (Å²) in [6.07, 6.45) is 0.929. The van der Waals surface area contributed by atoms with Crippen LogP contribution in [0.4, 0.5) is 5.69 Å². The molecule has 0 spiro atoms. The number of ether oxygens (including phenoxy) is 1. The highest BCUT2D eigenvalue weighted by Crippen LogP contribution is 2.37. The van der Waals surface area contributed by atoms with E-state index in [9.17, 15) is 9.59 Å². The van der Waals surface area contributed by atoms with E-state index in [2.05, 4.69) is 10.5 Å². The summed E-state index contributed by atoms with van der Waals surface area (Å²) in [6, 6.07) is 19.0. The molecular weight excluding hydrogens is 418 g/mol. The number of benzene rings is 2. The molecule has 0 saturated carbocycles. The van der Waals surface area contributed by atoms with Gasteiger partial charge >= 0.3 is 0 Å². The molecule has 1 atom stereocenters. The van der Waals surface area contributed by atoms with E-state index in [0.29, 0.717) is 43.1 Å². The van der Waals surface area contributed by atoms with Crippen LogP contribution in [0.25, 0.3) is 11.3 Å². The zero-order valence-corrected chi connectivity index (χ0v) is 19.2. The van der Waals surface area contributed by atoms with Crippen molar-refractivity contribution in [2.75, 3.05) is 18.4 Å². The van der Waals surface area contributed by atoms with Crippen LogP contribution in [0.5, 0.6) is 5.75 Å². The van der Waals surface area contributed by atoms with E-state index in [-0.39, 0.29) is 17.9 Å². The van der Waals surface area contributed by atoms with E-state index in [4.69, 9.17) is 9.26 Å². The van der Waals surface area contributed by atoms with Gasteiger partial charge in [-0.3, -0.25) is 9.59 Å². The molecule has 2 amide bonds. The largest absolute Gasteiger partial charge is 0.491 e. The van der Waals surface area contributed by atoms with E-state index in [1.54, 1.807) is 4.90 Å². The number of nitrogens with one attached hydrogen (secondary N) is 1. The van der Waals surface area contributed by atoms with Gasteiger partial charge in [0.15, 0.2) is 0 Å². The normalized spacial score (nSPS) is 17.9. The van der Waals surface area contributed by atoms with E-state index in [0.717, 1.165) is 11.3 Å². The molecule has 4 rings (SSSR count). The van der Waals surface area contributed by atoms with Gasteiger partial charge in [0.05, 0.1) is 11.5 Å². The van der Waals surface area contributed by atoms with Gasteiger partial charge in [-0.15, -0.1) is 0 Å². The van der Waals surface area contributed by atoms with Gasteiger partial charge in [-0.1, -0.05) is 41.6 Å². The number of hydrogen-bond acceptors (Lipinski definition) is 5. The van der Waals surface area contributed by atoms with Crippen LogP contribution in [0.15, 0.2) is 65.2 Å². The van der Waals surface area contributed by atoms with Crippen molar-refractivity contribution in [3.8, 4) is 17.0 Å². The Hall–Kier alpha value is -3.61. The molecule has 1 N–H and O–H groups in total. The van der Waals surface area contributed by atoms with E-state index >= 15 is 0 Å². The molecule has 1 aromatic heterocycles. The number of amides is 2. The summed E-state index contributed by atoms with van der Waals surface area (Å²) < 4.78 is 11.4. The molecule has 1 saturated heterocycles. The van der Waals surface area contributed by atoms with Crippen LogP contribution in [-0.4, -0.2) is 41.1 Å². The molecule has 1 unspecified atom stereocenters. The molecule has 0 radical (unpaired) electrons. The van der Waals surface area contributed by atoms with Crippen LogP contribution >= 0.6 is 0 Å². The number of likely N-dealkylation sites (tertiary alicyclic amines) is 1. The molecule has 33 heavy (non-hydrogen) atoms. The summed E-state index contributed by atoms with van der Waals surface area (Å²) in [7, 11) is 0. The van der Waals surface area contributed by atoms with Crippen LogP contribution in [0.3, 0.4) is 0 Å². The number of nitrogens with zero attached hydrogens (tertiary/aromatic N) is 2. The fraction of sp³-hybridized carbons (Fsp3) is 0.346. The zero-order valence-electron chi connectivity index (χ0n) is 19.2. The Balaban J connectivity index is 1.57. The smallest absolute Gasteiger partial charge is 0.232 e. The Bertz CT molecular complexity index is 1130. The average Bonchev–Trinajstić information content (AvgIpc) is 3.43. The fourth-order valence-corrected chi connectivity index (χ4v) is 4.21. The van der Waals surface area contributed by atoms with Crippen molar-refractivity contribution in [2.24, 2.45) is 5.41 Å². The van der Waals surface area contributed by atoms with Gasteiger partial charge in [0, 0.05) is 49.8 Å². The first-order valence-corrected chi connectivity index (χ1v) is 11.2. The maximum atomic E-state index is 13.6. The highest BCUT2D eigenvalue weighted by atomic mass is 16.5. The summed E-state index contributed by atoms with van der Waals surface area (Å²) in [5, 5.41) is 7.23. The molecule has 172 valence electrons. The first-order chi connectivity index (χ1) is 15.8. The lowest BCUT2D eigenvalue weighted by molar-refractivity contribution is -0.129. The van der Waals surface area contributed by atoms with Crippen LogP contribution in [0, 0.1) is 5.41 Å². The Morgan fingerprint density at radius 1 is 1.15 bits per heavy atom. The van der Waals surface area contributed by atoms with Crippen molar-refractivity contribution in [2.45, 2.75) is 39.7 Å². The van der Waals surface area contributed by atoms with E-state index in [1.165, 1.54) is 6.92 Å². The van der Waals surface area contributed by atoms with Gasteiger partial charge in [-0.2, -0.15) is 0 Å². The number of carbonyl (C=O) groups is 2. The van der Waals surface area contributed by atoms with Crippen LogP contribution in [0.2, 0.25) is 0 Å². The lowest BCUT2D eigenvalue weighted by atomic mass is 9.81. The number of hydrogen-bond donors (Lipinski definition) is 1. The SMILES string of the molecule is CC(=O)N1CCC(Cc2cc(-c3ccccc3)no2)(C(=O)Nc2cccc(OC(C)C)c2)C1. The number of anilines is 1. The third-order valence-corrected chi connectivity index (χ3v) is 5.89. The summed E-state index contributed by atoms with van der Waals surface area (Å²) in [4.78, 5) is 27.3. The van der Waals surface area contributed by atoms with Crippen molar-refractivity contribution in [1.82, 2.24) is 10.1 Å². The third-order valence-electron chi connectivity index (χ3n) is 5.89. The van der Waals surface area contributed by atoms with Gasteiger partial charge in [0.2, 0.25) is 11.8 Å². The average molecular weight is 448 g/mol. The van der Waals surface area contributed by atoms with Crippen LogP contribution < -0.4 is 10.1 Å². The molecule has 1 fully saturated rings. The summed E-state index contributed by atoms with van der Waals surface area (Å²) in [5.41, 5.74) is 1.51. The van der Waals surface area contributed by atoms with Crippen LogP contribution in [-0.2, 0) is 16.0 Å². The zero-order chi connectivity index (χ0) is 23.4. The van der Waals surface area contributed by atoms with Crippen molar-refractivity contribution in [3.63, 3.8) is 0 Å². The van der Waals surface area contributed by atoms with Crippen molar-refractivity contribution in [1.29, 1.82) is 0 Å². The Morgan fingerprint density at radius 3 is 2.64 bits per heavy atom. The molecule has 0 aliphatic carbocycles. The predicted molar refractivity (Wildman–Crippen MR) is 126 cm³/mol. The number of rotatable bonds is 7. The summed E-state index contributed by atoms with van der Waals surface area (Å²) in [6.45, 7) is 6.30. The monoisotopic (exact) mass is 447 g/mol. The second kappa shape index (κ2) is 9.48. The summed E-state index contributed by atoms with van der Waals surface area (Å²) in [5.74, 6) is 1.12. The van der Waals surface area contributed by atoms with Crippen molar-refractivity contribution in [3.05, 3.63) is 66.4 Å². The minimum absolute atomic E-state index is 0.0338. The minimum Gasteiger partial charge on any atom is -0.491 e. The first kappa shape index (κ1) is 22.6. The number of aromatic nitrogens is 1. The summed E-state index contributed by atoms with van der Waals surface area (Å²) >= 11 is 0. The lowest BCUT2D eigenvalue weighted by Crippen LogP contribution is -2.41. The molecule has 1 aliphatic rings. The molecule has 0 bridgehead atoms. The van der Waals surface area contributed by atoms with E-state index in [1.807, 2.05) is 74.5 Å². The molecule has 7 heteroatoms. The van der Waals surface area contributed by atoms with Gasteiger partial charge in [0.25, 0.3) is 0 Å². The fourth-order valence-electron chi connectivity index (χ4n) is 4.21. The Morgan fingerprint density at radius 2 is 1.94 bits per heavy atom. The highest BCUT2D eigenvalue weighted by molar-refractivity contribution is 5.96. The van der Waals surface area contributed by atoms with Crippen molar-refractivity contribution < 1.29 is 18.8 Å². The minimum atomic E-state index is -0.811. The van der Waals surface area contributed by atoms with Crippen LogP contribution in [0.1, 0.15) is 33.0 Å². The van der Waals surface area contributed by atoms with E-state index < -0.39 is 5.41 Å². The first-order valence-electron chi connectivity index (χ1n) is 11.2. The molecule has 7 nitrogen and oxygen atoms in total. The maximum Gasteiger partial charge on any atom is 0.232 e. The highest BCUT2D eigenvalue weighted by Gasteiger charge is 2.46. The lowest BCUT2D eigenvalue weighted by Gasteiger charge is -2.27. The molecular formula is C26H29N3O4. The quantitative estimate of drug-likeness (QED) is 0.574. The van der Waals surface area contributed by atoms with Gasteiger partial charge in [-0.05, 0) is 32.4 Å². The Kier molecular flexibility index (Phi) is 6.49. The second-order valence-corrected chi connectivity index (χ2v) is 8.84. The molecule has 2 aromatic carbocycles. The maximum absolute atomic E-state index is 13.6. The predicted octanol–water partition coefficient (Wildman–Crippen LogP) is 4.55. The van der Waals surface area contributed by atoms with Crippen molar-refractivity contribution >= 4 is 17.5 Å². The second-order valence-electron chi connectivity index (χ2n) is 8.84. The van der Waals surface area contributed by atoms with Gasteiger partial charge in [-0.25, -0.2) is 0 Å². The molecule has 3 aromatic rings. The number of carbonyl (C=O) groups excluding carboxylic acids is 2. The Labute approximate surface area is 193 Å². The molecule has 1 aliphatic heterocycles. The van der Waals surface area contributed by atoms with Gasteiger partial charge < -0.3 is 19.5 Å².